The molecule has 0 aliphatic carbocycles. The van der Waals surface area contributed by atoms with Crippen molar-refractivity contribution in [2.24, 2.45) is 5.41 Å². The van der Waals surface area contributed by atoms with E-state index in [0.29, 0.717) is 17.3 Å². The lowest BCUT2D eigenvalue weighted by atomic mass is 9.74. The van der Waals surface area contributed by atoms with Gasteiger partial charge < -0.3 is 15.0 Å². The molecule has 0 bridgehead atoms. The molecule has 0 aromatic carbocycles. The molecular formula is C15H23ClN2O3. The number of amides is 1. The number of aliphatic carboxylic acids is 1. The van der Waals surface area contributed by atoms with E-state index in [-0.39, 0.29) is 5.91 Å². The van der Waals surface area contributed by atoms with Crippen molar-refractivity contribution in [3.63, 3.8) is 0 Å². The summed E-state index contributed by atoms with van der Waals surface area (Å²) in [5.41, 5.74) is -1.57. The van der Waals surface area contributed by atoms with Crippen molar-refractivity contribution >= 4 is 23.5 Å². The Bertz CT molecular complexity index is 547. The van der Waals surface area contributed by atoms with Gasteiger partial charge >= 0.3 is 5.97 Å². The summed E-state index contributed by atoms with van der Waals surface area (Å²) in [5.74, 6) is -1.29. The van der Waals surface area contributed by atoms with Gasteiger partial charge in [0.15, 0.2) is 0 Å². The summed E-state index contributed by atoms with van der Waals surface area (Å²) in [7, 11) is 0. The zero-order valence-electron chi connectivity index (χ0n) is 13.2. The first kappa shape index (κ1) is 17.6. The van der Waals surface area contributed by atoms with Gasteiger partial charge in [-0.15, -0.1) is 0 Å². The molecule has 0 unspecified atom stereocenters. The number of aromatic nitrogens is 1. The van der Waals surface area contributed by atoms with Gasteiger partial charge in [0, 0.05) is 12.7 Å². The van der Waals surface area contributed by atoms with Gasteiger partial charge in [-0.1, -0.05) is 18.5 Å². The SMILES string of the molecule is CCCn1cc(Cl)cc1C(=O)NC(C)(C)C(C)(C)C(=O)O. The Hall–Kier alpha value is -1.49. The van der Waals surface area contributed by atoms with E-state index in [4.69, 9.17) is 11.6 Å². The number of carbonyl (C=O) groups excluding carboxylic acids is 1. The highest BCUT2D eigenvalue weighted by molar-refractivity contribution is 6.31. The van der Waals surface area contributed by atoms with Gasteiger partial charge in [0.1, 0.15) is 5.69 Å². The summed E-state index contributed by atoms with van der Waals surface area (Å²) in [6, 6.07) is 1.59. The minimum Gasteiger partial charge on any atom is -0.481 e. The van der Waals surface area contributed by atoms with Crippen LogP contribution in [0.3, 0.4) is 0 Å². The molecule has 0 saturated carbocycles. The van der Waals surface area contributed by atoms with Crippen molar-refractivity contribution in [2.45, 2.75) is 53.1 Å². The molecule has 118 valence electrons. The second kappa shape index (κ2) is 6.10. The third-order valence-corrected chi connectivity index (χ3v) is 4.29. The summed E-state index contributed by atoms with van der Waals surface area (Å²) in [4.78, 5) is 23.8. The van der Waals surface area contributed by atoms with Crippen LogP contribution < -0.4 is 5.32 Å². The first-order valence-corrected chi connectivity index (χ1v) is 7.32. The van der Waals surface area contributed by atoms with Crippen molar-refractivity contribution in [2.75, 3.05) is 0 Å². The van der Waals surface area contributed by atoms with Gasteiger partial charge in [0.05, 0.1) is 16.0 Å². The largest absolute Gasteiger partial charge is 0.481 e. The molecule has 0 aliphatic rings. The molecule has 21 heavy (non-hydrogen) atoms. The van der Waals surface area contributed by atoms with Crippen LogP contribution in [-0.2, 0) is 11.3 Å². The quantitative estimate of drug-likeness (QED) is 0.847. The molecule has 1 aromatic heterocycles. The standard InChI is InChI=1S/C15H23ClN2O3/c1-6-7-18-9-10(16)8-11(18)12(19)17-15(4,5)14(2,3)13(20)21/h8-9H,6-7H2,1-5H3,(H,17,19)(H,20,21). The van der Waals surface area contributed by atoms with Crippen LogP contribution in [0.2, 0.25) is 5.02 Å². The summed E-state index contributed by atoms with van der Waals surface area (Å²) < 4.78 is 1.78. The van der Waals surface area contributed by atoms with Gasteiger partial charge in [0.25, 0.3) is 5.91 Å². The maximum absolute atomic E-state index is 12.5. The number of carboxylic acids is 1. The molecule has 2 N–H and O–H groups in total. The number of nitrogens with one attached hydrogen (secondary N) is 1. The lowest BCUT2D eigenvalue weighted by Crippen LogP contribution is -2.57. The highest BCUT2D eigenvalue weighted by Gasteiger charge is 2.44. The molecule has 0 radical (unpaired) electrons. The predicted octanol–water partition coefficient (Wildman–Crippen LogP) is 3.17. The lowest BCUT2D eigenvalue weighted by molar-refractivity contribution is -0.150. The number of hydrogen-bond donors (Lipinski definition) is 2. The van der Waals surface area contributed by atoms with Crippen LogP contribution in [0.5, 0.6) is 0 Å². The molecule has 6 heteroatoms. The maximum Gasteiger partial charge on any atom is 0.311 e. The molecule has 1 amide bonds. The smallest absolute Gasteiger partial charge is 0.311 e. The molecule has 1 aromatic rings. The van der Waals surface area contributed by atoms with Crippen molar-refractivity contribution in [1.82, 2.24) is 9.88 Å². The number of carbonyl (C=O) groups is 2. The molecule has 5 nitrogen and oxygen atoms in total. The van der Waals surface area contributed by atoms with E-state index in [1.807, 2.05) is 6.92 Å². The number of carboxylic acid groups (broad SMARTS) is 1. The number of halogens is 1. The van der Waals surface area contributed by atoms with Crippen LogP contribution in [-0.4, -0.2) is 27.1 Å². The fraction of sp³-hybridized carbons (Fsp3) is 0.600. The van der Waals surface area contributed by atoms with Gasteiger partial charge in [-0.2, -0.15) is 0 Å². The Kier molecular flexibility index (Phi) is 5.10. The second-order valence-electron chi connectivity index (χ2n) is 6.25. The fourth-order valence-corrected chi connectivity index (χ4v) is 2.08. The topological polar surface area (TPSA) is 71.3 Å². The Morgan fingerprint density at radius 2 is 1.90 bits per heavy atom. The first-order valence-electron chi connectivity index (χ1n) is 6.94. The minimum absolute atomic E-state index is 0.324. The van der Waals surface area contributed by atoms with E-state index in [1.165, 1.54) is 0 Å². The predicted molar refractivity (Wildman–Crippen MR) is 82.7 cm³/mol. The Morgan fingerprint density at radius 1 is 1.33 bits per heavy atom. The lowest BCUT2D eigenvalue weighted by Gasteiger charge is -2.38. The first-order chi connectivity index (χ1) is 9.52. The van der Waals surface area contributed by atoms with Crippen molar-refractivity contribution in [3.05, 3.63) is 23.0 Å². The van der Waals surface area contributed by atoms with E-state index in [0.717, 1.165) is 6.42 Å². The molecule has 1 heterocycles. The Labute approximate surface area is 130 Å². The highest BCUT2D eigenvalue weighted by atomic mass is 35.5. The van der Waals surface area contributed by atoms with E-state index in [1.54, 1.807) is 44.5 Å². The molecule has 0 fully saturated rings. The number of rotatable bonds is 6. The normalized spacial score (nSPS) is 12.3. The molecule has 0 aliphatic heterocycles. The van der Waals surface area contributed by atoms with E-state index in [9.17, 15) is 14.7 Å². The van der Waals surface area contributed by atoms with Crippen molar-refractivity contribution in [1.29, 1.82) is 0 Å². The van der Waals surface area contributed by atoms with Crippen LogP contribution in [0.15, 0.2) is 12.3 Å². The molecule has 1 rings (SSSR count). The number of hydrogen-bond acceptors (Lipinski definition) is 2. The van der Waals surface area contributed by atoms with E-state index >= 15 is 0 Å². The van der Waals surface area contributed by atoms with Crippen LogP contribution in [0.4, 0.5) is 0 Å². The van der Waals surface area contributed by atoms with Crippen molar-refractivity contribution in [3.8, 4) is 0 Å². The van der Waals surface area contributed by atoms with Crippen LogP contribution in [0.1, 0.15) is 51.5 Å². The Balaban J connectivity index is 3.03. The highest BCUT2D eigenvalue weighted by Crippen LogP contribution is 2.31. The maximum atomic E-state index is 12.5. The molecule has 0 saturated heterocycles. The minimum atomic E-state index is -1.10. The molecular weight excluding hydrogens is 292 g/mol. The third-order valence-electron chi connectivity index (χ3n) is 4.08. The van der Waals surface area contributed by atoms with Gasteiger partial charge in [-0.3, -0.25) is 9.59 Å². The van der Waals surface area contributed by atoms with Gasteiger partial charge in [0.2, 0.25) is 0 Å². The van der Waals surface area contributed by atoms with Crippen LogP contribution in [0.25, 0.3) is 0 Å². The monoisotopic (exact) mass is 314 g/mol. The van der Waals surface area contributed by atoms with E-state index < -0.39 is 16.9 Å². The summed E-state index contributed by atoms with van der Waals surface area (Å²) in [6.45, 7) is 9.27. The van der Waals surface area contributed by atoms with Gasteiger partial charge in [-0.05, 0) is 40.2 Å². The average Bonchev–Trinajstić information content (AvgIpc) is 2.70. The van der Waals surface area contributed by atoms with E-state index in [2.05, 4.69) is 5.32 Å². The second-order valence-corrected chi connectivity index (χ2v) is 6.68. The average molecular weight is 315 g/mol. The number of aryl methyl sites for hydroxylation is 1. The third kappa shape index (κ3) is 3.59. The summed E-state index contributed by atoms with van der Waals surface area (Å²) >= 11 is 5.96. The zero-order chi connectivity index (χ0) is 16.4. The van der Waals surface area contributed by atoms with Gasteiger partial charge in [-0.25, -0.2) is 0 Å². The van der Waals surface area contributed by atoms with Crippen LogP contribution >= 0.6 is 11.6 Å². The number of nitrogens with zero attached hydrogens (tertiary/aromatic N) is 1. The molecule has 0 spiro atoms. The zero-order valence-corrected chi connectivity index (χ0v) is 13.9. The Morgan fingerprint density at radius 3 is 2.38 bits per heavy atom. The van der Waals surface area contributed by atoms with Crippen LogP contribution in [0, 0.1) is 5.41 Å². The summed E-state index contributed by atoms with van der Waals surface area (Å²) in [5, 5.41) is 12.6. The fourth-order valence-electron chi connectivity index (χ4n) is 1.86. The summed E-state index contributed by atoms with van der Waals surface area (Å²) in [6.07, 6.45) is 2.57. The molecule has 0 atom stereocenters. The van der Waals surface area contributed by atoms with Crippen molar-refractivity contribution < 1.29 is 14.7 Å².